The van der Waals surface area contributed by atoms with Crippen molar-refractivity contribution in [2.75, 3.05) is 19.6 Å². The summed E-state index contributed by atoms with van der Waals surface area (Å²) in [4.78, 5) is 19.1. The van der Waals surface area contributed by atoms with E-state index in [0.717, 1.165) is 37.0 Å². The Hall–Kier alpha value is -2.73. The SMILES string of the molecule is Cn1nc(C(=O)NCC2CCN(Cc3ccncc3)C2)c2ccccc21. The summed E-state index contributed by atoms with van der Waals surface area (Å²) in [5.74, 6) is 0.394. The fraction of sp³-hybridized carbons (Fsp3) is 0.350. The van der Waals surface area contributed by atoms with E-state index in [1.54, 1.807) is 4.68 Å². The van der Waals surface area contributed by atoms with Crippen molar-refractivity contribution in [3.63, 3.8) is 0 Å². The second kappa shape index (κ2) is 7.25. The molecule has 1 saturated heterocycles. The summed E-state index contributed by atoms with van der Waals surface area (Å²) in [6.45, 7) is 3.70. The minimum atomic E-state index is -0.0885. The van der Waals surface area contributed by atoms with E-state index in [9.17, 15) is 4.79 Å². The zero-order valence-corrected chi connectivity index (χ0v) is 14.9. The zero-order chi connectivity index (χ0) is 17.9. The van der Waals surface area contributed by atoms with Gasteiger partial charge < -0.3 is 5.32 Å². The van der Waals surface area contributed by atoms with Crippen molar-refractivity contribution in [2.24, 2.45) is 13.0 Å². The number of rotatable bonds is 5. The Morgan fingerprint density at radius 2 is 2.04 bits per heavy atom. The summed E-state index contributed by atoms with van der Waals surface area (Å²) in [7, 11) is 1.87. The number of carbonyl (C=O) groups excluding carboxylic acids is 1. The number of fused-ring (bicyclic) bond motifs is 1. The van der Waals surface area contributed by atoms with Crippen LogP contribution in [0.4, 0.5) is 0 Å². The van der Waals surface area contributed by atoms with Crippen molar-refractivity contribution in [3.8, 4) is 0 Å². The number of nitrogens with one attached hydrogen (secondary N) is 1. The fourth-order valence-corrected chi connectivity index (χ4v) is 3.67. The molecule has 2 aromatic heterocycles. The summed E-state index contributed by atoms with van der Waals surface area (Å²) in [5, 5.41) is 8.37. The quantitative estimate of drug-likeness (QED) is 0.767. The molecule has 1 N–H and O–H groups in total. The van der Waals surface area contributed by atoms with Crippen LogP contribution in [-0.2, 0) is 13.6 Å². The molecule has 4 rings (SSSR count). The fourth-order valence-electron chi connectivity index (χ4n) is 3.67. The van der Waals surface area contributed by atoms with Gasteiger partial charge in [-0.15, -0.1) is 0 Å². The first kappa shape index (κ1) is 16.7. The van der Waals surface area contributed by atoms with Gasteiger partial charge in [-0.2, -0.15) is 5.10 Å². The number of carbonyl (C=O) groups is 1. The summed E-state index contributed by atoms with van der Waals surface area (Å²) >= 11 is 0. The monoisotopic (exact) mass is 349 g/mol. The van der Waals surface area contributed by atoms with Gasteiger partial charge in [0.1, 0.15) is 0 Å². The van der Waals surface area contributed by atoms with Crippen LogP contribution in [0.15, 0.2) is 48.8 Å². The lowest BCUT2D eigenvalue weighted by Gasteiger charge is -2.16. The number of nitrogens with zero attached hydrogens (tertiary/aromatic N) is 4. The first-order chi connectivity index (χ1) is 12.7. The number of likely N-dealkylation sites (tertiary alicyclic amines) is 1. The standard InChI is InChI=1S/C20H23N5O/c1-24-18-5-3-2-4-17(18)19(23-24)20(26)22-12-16-8-11-25(14-16)13-15-6-9-21-10-7-15/h2-7,9-10,16H,8,11-14H2,1H3,(H,22,26). The average Bonchev–Trinajstić information content (AvgIpc) is 3.25. The Balaban J connectivity index is 1.33. The highest BCUT2D eigenvalue weighted by Crippen LogP contribution is 2.19. The Bertz CT molecular complexity index is 905. The Morgan fingerprint density at radius 3 is 2.88 bits per heavy atom. The molecule has 1 aliphatic rings. The van der Waals surface area contributed by atoms with Crippen LogP contribution >= 0.6 is 0 Å². The van der Waals surface area contributed by atoms with Gasteiger partial charge in [-0.1, -0.05) is 18.2 Å². The number of aryl methyl sites for hydroxylation is 1. The lowest BCUT2D eigenvalue weighted by molar-refractivity contribution is 0.0943. The van der Waals surface area contributed by atoms with Crippen LogP contribution in [0.1, 0.15) is 22.5 Å². The van der Waals surface area contributed by atoms with E-state index in [-0.39, 0.29) is 5.91 Å². The molecule has 1 aromatic carbocycles. The van der Waals surface area contributed by atoms with Crippen molar-refractivity contribution >= 4 is 16.8 Å². The minimum absolute atomic E-state index is 0.0885. The number of pyridine rings is 1. The van der Waals surface area contributed by atoms with Crippen molar-refractivity contribution in [1.82, 2.24) is 25.0 Å². The van der Waals surface area contributed by atoms with Crippen molar-refractivity contribution < 1.29 is 4.79 Å². The topological polar surface area (TPSA) is 63.1 Å². The van der Waals surface area contributed by atoms with E-state index in [2.05, 4.69) is 32.4 Å². The average molecular weight is 349 g/mol. The minimum Gasteiger partial charge on any atom is -0.350 e. The van der Waals surface area contributed by atoms with Gasteiger partial charge in [0, 0.05) is 44.5 Å². The third-order valence-electron chi connectivity index (χ3n) is 5.05. The molecule has 6 nitrogen and oxygen atoms in total. The molecule has 0 saturated carbocycles. The third-order valence-corrected chi connectivity index (χ3v) is 5.05. The molecule has 6 heteroatoms. The summed E-state index contributed by atoms with van der Waals surface area (Å²) in [5.41, 5.74) is 2.77. The molecule has 3 heterocycles. The smallest absolute Gasteiger partial charge is 0.272 e. The number of para-hydroxylation sites is 1. The second-order valence-corrected chi connectivity index (χ2v) is 6.94. The highest BCUT2D eigenvalue weighted by molar-refractivity contribution is 6.04. The highest BCUT2D eigenvalue weighted by atomic mass is 16.1. The molecular weight excluding hydrogens is 326 g/mol. The predicted octanol–water partition coefficient (Wildman–Crippen LogP) is 2.22. The van der Waals surface area contributed by atoms with E-state index < -0.39 is 0 Å². The zero-order valence-electron chi connectivity index (χ0n) is 14.9. The van der Waals surface area contributed by atoms with Gasteiger partial charge in [0.15, 0.2) is 5.69 Å². The molecule has 3 aromatic rings. The van der Waals surface area contributed by atoms with Gasteiger partial charge in [-0.25, -0.2) is 0 Å². The molecule has 0 spiro atoms. The van der Waals surface area contributed by atoms with Gasteiger partial charge >= 0.3 is 0 Å². The highest BCUT2D eigenvalue weighted by Gasteiger charge is 2.24. The molecular formula is C20H23N5O. The molecule has 0 radical (unpaired) electrons. The Kier molecular flexibility index (Phi) is 4.67. The molecule has 1 atom stereocenters. The molecule has 134 valence electrons. The molecule has 0 aliphatic carbocycles. The second-order valence-electron chi connectivity index (χ2n) is 6.94. The molecule has 1 fully saturated rings. The third kappa shape index (κ3) is 3.46. The van der Waals surface area contributed by atoms with Crippen molar-refractivity contribution in [1.29, 1.82) is 0 Å². The van der Waals surface area contributed by atoms with Gasteiger partial charge in [0.2, 0.25) is 0 Å². The summed E-state index contributed by atoms with van der Waals surface area (Å²) < 4.78 is 1.76. The predicted molar refractivity (Wildman–Crippen MR) is 101 cm³/mol. The van der Waals surface area contributed by atoms with Crippen LogP contribution in [0.3, 0.4) is 0 Å². The van der Waals surface area contributed by atoms with Gasteiger partial charge in [0.05, 0.1) is 5.52 Å². The maximum atomic E-state index is 12.6. The Labute approximate surface area is 152 Å². The van der Waals surface area contributed by atoms with E-state index in [0.29, 0.717) is 18.2 Å². The first-order valence-electron chi connectivity index (χ1n) is 9.02. The normalized spacial score (nSPS) is 17.7. The van der Waals surface area contributed by atoms with E-state index in [4.69, 9.17) is 0 Å². The van der Waals surface area contributed by atoms with E-state index in [1.807, 2.05) is 43.7 Å². The van der Waals surface area contributed by atoms with E-state index >= 15 is 0 Å². The molecule has 1 amide bonds. The number of hydrogen-bond acceptors (Lipinski definition) is 4. The Morgan fingerprint density at radius 1 is 1.23 bits per heavy atom. The van der Waals surface area contributed by atoms with Crippen LogP contribution in [0, 0.1) is 5.92 Å². The lowest BCUT2D eigenvalue weighted by Crippen LogP contribution is -2.31. The summed E-state index contributed by atoms with van der Waals surface area (Å²) in [6, 6.07) is 11.9. The van der Waals surface area contributed by atoms with Crippen LogP contribution in [0.25, 0.3) is 10.9 Å². The van der Waals surface area contributed by atoms with Crippen LogP contribution < -0.4 is 5.32 Å². The van der Waals surface area contributed by atoms with Crippen molar-refractivity contribution in [3.05, 3.63) is 60.0 Å². The lowest BCUT2D eigenvalue weighted by atomic mass is 10.1. The summed E-state index contributed by atoms with van der Waals surface area (Å²) in [6.07, 6.45) is 4.77. The number of aromatic nitrogens is 3. The first-order valence-corrected chi connectivity index (χ1v) is 9.02. The van der Waals surface area contributed by atoms with Crippen LogP contribution in [-0.4, -0.2) is 45.2 Å². The number of hydrogen-bond donors (Lipinski definition) is 1. The molecule has 26 heavy (non-hydrogen) atoms. The van der Waals surface area contributed by atoms with Gasteiger partial charge in [0.25, 0.3) is 5.91 Å². The maximum absolute atomic E-state index is 12.6. The maximum Gasteiger partial charge on any atom is 0.272 e. The van der Waals surface area contributed by atoms with E-state index in [1.165, 1.54) is 5.56 Å². The van der Waals surface area contributed by atoms with Gasteiger partial charge in [-0.3, -0.25) is 19.4 Å². The van der Waals surface area contributed by atoms with Gasteiger partial charge in [-0.05, 0) is 42.6 Å². The number of amides is 1. The molecule has 1 unspecified atom stereocenters. The van der Waals surface area contributed by atoms with Crippen LogP contribution in [0.2, 0.25) is 0 Å². The van der Waals surface area contributed by atoms with Crippen molar-refractivity contribution in [2.45, 2.75) is 13.0 Å². The molecule has 1 aliphatic heterocycles. The number of benzene rings is 1. The molecule has 0 bridgehead atoms. The van der Waals surface area contributed by atoms with Crippen LogP contribution in [0.5, 0.6) is 0 Å². The largest absolute Gasteiger partial charge is 0.350 e.